The normalized spacial score (nSPS) is 10.5. The molecule has 5 nitrogen and oxygen atoms in total. The van der Waals surface area contributed by atoms with Gasteiger partial charge in [-0.1, -0.05) is 54.1 Å². The second kappa shape index (κ2) is 10.5. The van der Waals surface area contributed by atoms with Crippen molar-refractivity contribution in [3.63, 3.8) is 0 Å². The van der Waals surface area contributed by atoms with Gasteiger partial charge in [-0.3, -0.25) is 9.59 Å². The summed E-state index contributed by atoms with van der Waals surface area (Å²) in [6.07, 6.45) is 2.95. The Hall–Kier alpha value is -3.05. The first-order valence-electron chi connectivity index (χ1n) is 9.28. The lowest BCUT2D eigenvalue weighted by Gasteiger charge is -2.07. The first-order valence-corrected chi connectivity index (χ1v) is 9.66. The van der Waals surface area contributed by atoms with Crippen LogP contribution in [0.25, 0.3) is 0 Å². The van der Waals surface area contributed by atoms with E-state index in [1.54, 1.807) is 0 Å². The molecular formula is C23H21ClO5. The summed E-state index contributed by atoms with van der Waals surface area (Å²) in [7, 11) is 0. The topological polar surface area (TPSA) is 65.7 Å². The molecule has 6 heteroatoms. The van der Waals surface area contributed by atoms with Gasteiger partial charge in [0.2, 0.25) is 11.2 Å². The van der Waals surface area contributed by atoms with Crippen LogP contribution in [0.1, 0.15) is 29.7 Å². The molecule has 0 N–H and O–H groups in total. The lowest BCUT2D eigenvalue weighted by molar-refractivity contribution is -0.145. The third kappa shape index (κ3) is 6.80. The molecule has 0 bridgehead atoms. The van der Waals surface area contributed by atoms with Crippen LogP contribution in [0.5, 0.6) is 5.75 Å². The highest BCUT2D eigenvalue weighted by atomic mass is 35.5. The van der Waals surface area contributed by atoms with Crippen molar-refractivity contribution in [2.75, 3.05) is 0 Å². The molecule has 3 aromatic rings. The maximum Gasteiger partial charge on any atom is 0.306 e. The fraction of sp³-hybridized carbons (Fsp3) is 0.217. The van der Waals surface area contributed by atoms with E-state index in [-0.39, 0.29) is 42.5 Å². The van der Waals surface area contributed by atoms with Gasteiger partial charge in [-0.2, -0.15) is 0 Å². The van der Waals surface area contributed by atoms with E-state index in [1.807, 2.05) is 54.6 Å². The lowest BCUT2D eigenvalue weighted by Crippen LogP contribution is -2.10. The Morgan fingerprint density at radius 2 is 1.72 bits per heavy atom. The average Bonchev–Trinajstić information content (AvgIpc) is 2.74. The first kappa shape index (κ1) is 20.7. The number of hydrogen-bond acceptors (Lipinski definition) is 5. The Bertz CT molecular complexity index is 980. The highest BCUT2D eigenvalue weighted by Crippen LogP contribution is 2.13. The summed E-state index contributed by atoms with van der Waals surface area (Å²) < 4.78 is 16.0. The largest absolute Gasteiger partial charge is 0.482 e. The molecule has 0 unspecified atom stereocenters. The summed E-state index contributed by atoms with van der Waals surface area (Å²) >= 11 is 5.85. The van der Waals surface area contributed by atoms with E-state index in [1.165, 1.54) is 12.3 Å². The van der Waals surface area contributed by atoms with Crippen LogP contribution in [0.15, 0.2) is 76.1 Å². The Kier molecular flexibility index (Phi) is 7.47. The van der Waals surface area contributed by atoms with E-state index < -0.39 is 0 Å². The van der Waals surface area contributed by atoms with E-state index in [0.717, 1.165) is 17.5 Å². The number of aryl methyl sites for hydroxylation is 1. The summed E-state index contributed by atoms with van der Waals surface area (Å²) in [6.45, 7) is 0.182. The quantitative estimate of drug-likeness (QED) is 0.466. The molecule has 150 valence electrons. The van der Waals surface area contributed by atoms with Gasteiger partial charge in [-0.05, 0) is 36.1 Å². The Morgan fingerprint density at radius 3 is 2.45 bits per heavy atom. The summed E-state index contributed by atoms with van der Waals surface area (Å²) in [5.74, 6) is 0.0472. The van der Waals surface area contributed by atoms with Crippen LogP contribution in [0.2, 0.25) is 5.02 Å². The minimum Gasteiger partial charge on any atom is -0.482 e. The maximum atomic E-state index is 12.1. The van der Waals surface area contributed by atoms with Crippen molar-refractivity contribution in [3.05, 3.63) is 99.1 Å². The summed E-state index contributed by atoms with van der Waals surface area (Å²) in [6, 6.07) is 18.3. The van der Waals surface area contributed by atoms with Crippen LogP contribution < -0.4 is 10.2 Å². The molecule has 2 aromatic carbocycles. The summed E-state index contributed by atoms with van der Waals surface area (Å²) in [5, 5.41) is 0.686. The highest BCUT2D eigenvalue weighted by molar-refractivity contribution is 6.30. The third-order valence-corrected chi connectivity index (χ3v) is 4.48. The first-order chi connectivity index (χ1) is 14.1. The van der Waals surface area contributed by atoms with Gasteiger partial charge in [0.15, 0.2) is 0 Å². The molecule has 1 heterocycles. The van der Waals surface area contributed by atoms with Crippen molar-refractivity contribution in [1.82, 2.24) is 0 Å². The van der Waals surface area contributed by atoms with Crippen molar-refractivity contribution in [3.8, 4) is 5.75 Å². The van der Waals surface area contributed by atoms with Crippen LogP contribution in [0.4, 0.5) is 0 Å². The molecule has 0 spiro atoms. The van der Waals surface area contributed by atoms with Crippen molar-refractivity contribution < 1.29 is 18.7 Å². The van der Waals surface area contributed by atoms with Crippen molar-refractivity contribution in [1.29, 1.82) is 0 Å². The Labute approximate surface area is 173 Å². The number of benzene rings is 2. The van der Waals surface area contributed by atoms with E-state index in [0.29, 0.717) is 11.4 Å². The van der Waals surface area contributed by atoms with E-state index in [4.69, 9.17) is 25.5 Å². The molecule has 0 amide bonds. The van der Waals surface area contributed by atoms with Gasteiger partial charge in [0, 0.05) is 17.5 Å². The van der Waals surface area contributed by atoms with Gasteiger partial charge in [0.25, 0.3) is 0 Å². The third-order valence-electron chi connectivity index (χ3n) is 4.22. The minimum absolute atomic E-state index is 0.0893. The molecular weight excluding hydrogens is 392 g/mol. The van der Waals surface area contributed by atoms with Gasteiger partial charge in [-0.25, -0.2) is 0 Å². The Balaban J connectivity index is 1.41. The predicted molar refractivity (Wildman–Crippen MR) is 110 cm³/mol. The molecule has 0 aliphatic carbocycles. The van der Waals surface area contributed by atoms with E-state index in [2.05, 4.69) is 0 Å². The monoisotopic (exact) mass is 412 g/mol. The van der Waals surface area contributed by atoms with Crippen molar-refractivity contribution >= 4 is 17.6 Å². The summed E-state index contributed by atoms with van der Waals surface area (Å²) in [5.41, 5.74) is 1.74. The molecule has 29 heavy (non-hydrogen) atoms. The van der Waals surface area contributed by atoms with Crippen LogP contribution in [0, 0.1) is 0 Å². The highest BCUT2D eigenvalue weighted by Gasteiger charge is 2.09. The molecule has 0 fully saturated rings. The van der Waals surface area contributed by atoms with Crippen LogP contribution >= 0.6 is 11.6 Å². The molecule has 0 aliphatic heterocycles. The van der Waals surface area contributed by atoms with Crippen LogP contribution in [-0.4, -0.2) is 5.97 Å². The number of halogens is 1. The number of carbonyl (C=O) groups excluding carboxylic acids is 1. The van der Waals surface area contributed by atoms with E-state index in [9.17, 15) is 9.59 Å². The van der Waals surface area contributed by atoms with Crippen LogP contribution in [-0.2, 0) is 29.2 Å². The zero-order chi connectivity index (χ0) is 20.5. The number of rotatable bonds is 9. The average molecular weight is 413 g/mol. The second-order valence-electron chi connectivity index (χ2n) is 6.49. The molecule has 0 saturated carbocycles. The minimum atomic E-state index is -0.342. The second-order valence-corrected chi connectivity index (χ2v) is 6.93. The molecule has 0 saturated heterocycles. The van der Waals surface area contributed by atoms with Gasteiger partial charge >= 0.3 is 5.97 Å². The van der Waals surface area contributed by atoms with E-state index >= 15 is 0 Å². The number of carbonyl (C=O) groups is 1. The molecule has 1 aromatic heterocycles. The SMILES string of the molecule is O=C(CCCc1ccc(Cl)cc1)OCc1cc(=O)c(OCc2ccccc2)co1. The van der Waals surface area contributed by atoms with Gasteiger partial charge < -0.3 is 13.9 Å². The molecule has 0 atom stereocenters. The predicted octanol–water partition coefficient (Wildman–Crippen LogP) is 4.94. The van der Waals surface area contributed by atoms with Gasteiger partial charge in [0.1, 0.15) is 25.2 Å². The van der Waals surface area contributed by atoms with Gasteiger partial charge in [-0.15, -0.1) is 0 Å². The summed E-state index contributed by atoms with van der Waals surface area (Å²) in [4.78, 5) is 24.0. The maximum absolute atomic E-state index is 12.1. The molecule has 0 aliphatic rings. The Morgan fingerprint density at radius 1 is 0.966 bits per heavy atom. The van der Waals surface area contributed by atoms with Crippen molar-refractivity contribution in [2.45, 2.75) is 32.5 Å². The zero-order valence-corrected chi connectivity index (χ0v) is 16.6. The molecule has 0 radical (unpaired) electrons. The number of hydrogen-bond donors (Lipinski definition) is 0. The standard InChI is InChI=1S/C23H21ClO5/c24-19-11-9-17(10-12-19)7-4-8-23(26)29-15-20-13-21(25)22(16-27-20)28-14-18-5-2-1-3-6-18/h1-3,5-6,9-13,16H,4,7-8,14-15H2. The van der Waals surface area contributed by atoms with Crippen LogP contribution in [0.3, 0.4) is 0 Å². The lowest BCUT2D eigenvalue weighted by atomic mass is 10.1. The van der Waals surface area contributed by atoms with Crippen molar-refractivity contribution in [2.24, 2.45) is 0 Å². The van der Waals surface area contributed by atoms with Gasteiger partial charge in [0.05, 0.1) is 0 Å². The zero-order valence-electron chi connectivity index (χ0n) is 15.8. The fourth-order valence-electron chi connectivity index (χ4n) is 2.67. The molecule has 3 rings (SSSR count). The smallest absolute Gasteiger partial charge is 0.306 e. The number of esters is 1. The number of ether oxygens (including phenoxy) is 2. The fourth-order valence-corrected chi connectivity index (χ4v) is 2.79.